The molecule has 0 aliphatic carbocycles. The molecule has 0 aliphatic heterocycles. The minimum absolute atomic E-state index is 0.170. The lowest BCUT2D eigenvalue weighted by molar-refractivity contribution is 0.174. The maximum atomic E-state index is 11.1. The third-order valence-corrected chi connectivity index (χ3v) is 1.19. The molecule has 0 fully saturated rings. The summed E-state index contributed by atoms with van der Waals surface area (Å²) in [5.41, 5.74) is 7.78. The van der Waals surface area contributed by atoms with Gasteiger partial charge in [-0.25, -0.2) is 15.6 Å². The van der Waals surface area contributed by atoms with Crippen LogP contribution in [0.3, 0.4) is 0 Å². The van der Waals surface area contributed by atoms with E-state index in [1.165, 1.54) is 5.01 Å². The molecule has 0 unspecified atom stereocenters. The van der Waals surface area contributed by atoms with Gasteiger partial charge in [0, 0.05) is 20.6 Å². The van der Waals surface area contributed by atoms with E-state index in [1.54, 1.807) is 14.1 Å². The lowest BCUT2D eigenvalue weighted by atomic mass is 10.5. The third-order valence-electron chi connectivity index (χ3n) is 1.19. The van der Waals surface area contributed by atoms with Crippen molar-refractivity contribution in [2.45, 2.75) is 13.3 Å². The minimum Gasteiger partial charge on any atom is -0.272 e. The Morgan fingerprint density at radius 3 is 2.45 bits per heavy atom. The molecule has 66 valence electrons. The molecule has 0 aromatic carbocycles. The zero-order chi connectivity index (χ0) is 8.69. The Morgan fingerprint density at radius 2 is 2.09 bits per heavy atom. The Morgan fingerprint density at radius 1 is 1.45 bits per heavy atom. The van der Waals surface area contributed by atoms with E-state index in [1.807, 2.05) is 6.92 Å². The highest BCUT2D eigenvalue weighted by Crippen LogP contribution is 1.84. The molecule has 0 radical (unpaired) electrons. The third kappa shape index (κ3) is 3.79. The standard InChI is InChI=1S/C6H16N4O/c1-4-5-10(8-3)6(11)9-7-2/h7-8H,4-5H2,1-3H3,(H,9,11). The summed E-state index contributed by atoms with van der Waals surface area (Å²) in [5.74, 6) is 0. The van der Waals surface area contributed by atoms with Crippen LogP contribution in [0, 0.1) is 0 Å². The monoisotopic (exact) mass is 160 g/mol. The van der Waals surface area contributed by atoms with Crippen molar-refractivity contribution in [3.8, 4) is 0 Å². The first-order chi connectivity index (χ1) is 5.26. The number of amides is 2. The van der Waals surface area contributed by atoms with Crippen molar-refractivity contribution in [2.24, 2.45) is 0 Å². The van der Waals surface area contributed by atoms with E-state index in [4.69, 9.17) is 0 Å². The molecule has 0 aliphatic rings. The van der Waals surface area contributed by atoms with Crippen molar-refractivity contribution in [1.82, 2.24) is 21.3 Å². The van der Waals surface area contributed by atoms with E-state index < -0.39 is 0 Å². The number of carbonyl (C=O) groups excluding carboxylic acids is 1. The molecule has 0 aromatic rings. The predicted octanol–water partition coefficient (Wildman–Crippen LogP) is -0.323. The van der Waals surface area contributed by atoms with E-state index in [0.717, 1.165) is 6.42 Å². The largest absolute Gasteiger partial charge is 0.346 e. The van der Waals surface area contributed by atoms with Gasteiger partial charge in [-0.1, -0.05) is 6.92 Å². The van der Waals surface area contributed by atoms with Gasteiger partial charge in [0.1, 0.15) is 0 Å². The number of nitrogens with one attached hydrogen (secondary N) is 3. The number of carbonyl (C=O) groups is 1. The minimum atomic E-state index is -0.170. The van der Waals surface area contributed by atoms with Gasteiger partial charge < -0.3 is 0 Å². The number of hydrazine groups is 2. The van der Waals surface area contributed by atoms with Gasteiger partial charge >= 0.3 is 6.03 Å². The van der Waals surface area contributed by atoms with Gasteiger partial charge in [-0.2, -0.15) is 0 Å². The molecule has 0 aromatic heterocycles. The molecule has 5 nitrogen and oxygen atoms in total. The summed E-state index contributed by atoms with van der Waals surface area (Å²) in [4.78, 5) is 11.1. The molecule has 5 heteroatoms. The molecule has 2 amide bonds. The van der Waals surface area contributed by atoms with Crippen molar-refractivity contribution in [3.05, 3.63) is 0 Å². The van der Waals surface area contributed by atoms with Crippen molar-refractivity contribution in [3.63, 3.8) is 0 Å². The summed E-state index contributed by atoms with van der Waals surface area (Å²) in [6, 6.07) is -0.170. The van der Waals surface area contributed by atoms with Gasteiger partial charge in [0.25, 0.3) is 0 Å². The van der Waals surface area contributed by atoms with Crippen molar-refractivity contribution >= 4 is 6.03 Å². The summed E-state index contributed by atoms with van der Waals surface area (Å²) in [6.07, 6.45) is 0.929. The summed E-state index contributed by atoms with van der Waals surface area (Å²) in [7, 11) is 3.36. The number of urea groups is 1. The van der Waals surface area contributed by atoms with Crippen molar-refractivity contribution < 1.29 is 4.79 Å². The van der Waals surface area contributed by atoms with E-state index in [2.05, 4.69) is 16.3 Å². The quantitative estimate of drug-likeness (QED) is 0.494. The molecule has 0 spiro atoms. The van der Waals surface area contributed by atoms with Crippen LogP contribution in [0.4, 0.5) is 4.79 Å². The van der Waals surface area contributed by atoms with Gasteiger partial charge in [-0.15, -0.1) is 0 Å². The number of hydrogen-bond acceptors (Lipinski definition) is 3. The Hall–Kier alpha value is -0.810. The van der Waals surface area contributed by atoms with E-state index in [-0.39, 0.29) is 6.03 Å². The number of nitrogens with zero attached hydrogens (tertiary/aromatic N) is 1. The van der Waals surface area contributed by atoms with E-state index in [0.29, 0.717) is 6.54 Å². The predicted molar refractivity (Wildman–Crippen MR) is 43.6 cm³/mol. The fourth-order valence-electron chi connectivity index (χ4n) is 0.713. The molecule has 0 atom stereocenters. The normalized spacial score (nSPS) is 9.36. The second-order valence-electron chi connectivity index (χ2n) is 2.06. The van der Waals surface area contributed by atoms with E-state index >= 15 is 0 Å². The maximum Gasteiger partial charge on any atom is 0.346 e. The Kier molecular flexibility index (Phi) is 5.50. The summed E-state index contributed by atoms with van der Waals surface area (Å²) in [6.45, 7) is 2.71. The first kappa shape index (κ1) is 10.2. The van der Waals surface area contributed by atoms with Crippen molar-refractivity contribution in [2.75, 3.05) is 20.6 Å². The second kappa shape index (κ2) is 5.94. The van der Waals surface area contributed by atoms with Crippen LogP contribution in [-0.2, 0) is 0 Å². The summed E-state index contributed by atoms with van der Waals surface area (Å²) >= 11 is 0. The Bertz CT molecular complexity index is 117. The summed E-state index contributed by atoms with van der Waals surface area (Å²) < 4.78 is 0. The maximum absolute atomic E-state index is 11.1. The highest BCUT2D eigenvalue weighted by molar-refractivity contribution is 5.72. The van der Waals surface area contributed by atoms with Crippen LogP contribution < -0.4 is 16.3 Å². The average Bonchev–Trinajstić information content (AvgIpc) is 2.00. The van der Waals surface area contributed by atoms with E-state index in [9.17, 15) is 4.79 Å². The number of rotatable bonds is 4. The first-order valence-electron chi connectivity index (χ1n) is 3.67. The van der Waals surface area contributed by atoms with Gasteiger partial charge in [-0.05, 0) is 6.42 Å². The number of hydrogen-bond donors (Lipinski definition) is 3. The molecule has 0 saturated carbocycles. The molecule has 0 rings (SSSR count). The SMILES string of the molecule is CCCN(NC)C(=O)NNC. The van der Waals surface area contributed by atoms with Gasteiger partial charge in [0.05, 0.1) is 0 Å². The molecular weight excluding hydrogens is 144 g/mol. The van der Waals surface area contributed by atoms with Crippen LogP contribution in [-0.4, -0.2) is 31.7 Å². The van der Waals surface area contributed by atoms with Crippen LogP contribution in [0.2, 0.25) is 0 Å². The highest BCUT2D eigenvalue weighted by Gasteiger charge is 2.07. The smallest absolute Gasteiger partial charge is 0.272 e. The Balaban J connectivity index is 3.71. The van der Waals surface area contributed by atoms with Crippen molar-refractivity contribution in [1.29, 1.82) is 0 Å². The molecule has 0 saturated heterocycles. The summed E-state index contributed by atoms with van der Waals surface area (Å²) in [5, 5.41) is 1.50. The molecule has 11 heavy (non-hydrogen) atoms. The molecule has 0 heterocycles. The molecular formula is C6H16N4O. The van der Waals surface area contributed by atoms with Crippen LogP contribution in [0.15, 0.2) is 0 Å². The second-order valence-corrected chi connectivity index (χ2v) is 2.06. The zero-order valence-corrected chi connectivity index (χ0v) is 7.27. The first-order valence-corrected chi connectivity index (χ1v) is 3.67. The zero-order valence-electron chi connectivity index (χ0n) is 7.27. The lowest BCUT2D eigenvalue weighted by Gasteiger charge is -2.20. The highest BCUT2D eigenvalue weighted by atomic mass is 16.2. The molecule has 3 N–H and O–H groups in total. The topological polar surface area (TPSA) is 56.4 Å². The van der Waals surface area contributed by atoms with Crippen LogP contribution in [0.1, 0.15) is 13.3 Å². The lowest BCUT2D eigenvalue weighted by Crippen LogP contribution is -2.50. The fraction of sp³-hybridized carbons (Fsp3) is 0.833. The van der Waals surface area contributed by atoms with Gasteiger partial charge in [0.2, 0.25) is 0 Å². The average molecular weight is 160 g/mol. The van der Waals surface area contributed by atoms with Gasteiger partial charge in [-0.3, -0.25) is 10.4 Å². The Labute approximate surface area is 67.1 Å². The van der Waals surface area contributed by atoms with Gasteiger partial charge in [0.15, 0.2) is 0 Å². The fourth-order valence-corrected chi connectivity index (χ4v) is 0.713. The van der Waals surface area contributed by atoms with Crippen LogP contribution in [0.5, 0.6) is 0 Å². The van der Waals surface area contributed by atoms with Crippen LogP contribution >= 0.6 is 0 Å². The van der Waals surface area contributed by atoms with Crippen LogP contribution in [0.25, 0.3) is 0 Å². The molecule has 0 bridgehead atoms.